The summed E-state index contributed by atoms with van der Waals surface area (Å²) in [5.74, 6) is -1.90. The third kappa shape index (κ3) is 6.78. The number of benzene rings is 2. The Hall–Kier alpha value is -3.71. The van der Waals surface area contributed by atoms with Crippen molar-refractivity contribution in [2.75, 3.05) is 19.6 Å². The number of alkyl halides is 3. The third-order valence-corrected chi connectivity index (χ3v) is 6.27. The molecule has 38 heavy (non-hydrogen) atoms. The molecular weight excluding hydrogens is 527 g/mol. The van der Waals surface area contributed by atoms with Gasteiger partial charge in [0.05, 0.1) is 12.2 Å². The minimum absolute atomic E-state index is 0. The monoisotopic (exact) mass is 553 g/mol. The van der Waals surface area contributed by atoms with E-state index in [1.807, 2.05) is 30.3 Å². The van der Waals surface area contributed by atoms with E-state index in [0.29, 0.717) is 29.8 Å². The topological polar surface area (TPSA) is 125 Å². The number of nitrogens with one attached hydrogen (secondary N) is 2. The molecule has 2 amide bonds. The Kier molecular flexibility index (Phi) is 9.28. The maximum atomic E-state index is 13.2. The summed E-state index contributed by atoms with van der Waals surface area (Å²) < 4.78 is 40.3. The lowest BCUT2D eigenvalue weighted by atomic mass is 9.85. The predicted molar refractivity (Wildman–Crippen MR) is 133 cm³/mol. The Morgan fingerprint density at radius 1 is 1.16 bits per heavy atom. The van der Waals surface area contributed by atoms with Gasteiger partial charge in [0.1, 0.15) is 5.75 Å². The predicted octanol–water partition coefficient (Wildman–Crippen LogP) is 2.42. The molecule has 0 spiro atoms. The van der Waals surface area contributed by atoms with Crippen LogP contribution in [0.4, 0.5) is 13.2 Å². The van der Waals surface area contributed by atoms with Gasteiger partial charge in [0.15, 0.2) is 0 Å². The standard InChI is InChI=1S/C24H26F3N7O3.ClH/c1-15(35)28-13-22(37)33-10-9-20(19(14-33)16-5-3-2-4-6-16)29-12-17-11-18(7-8-21(17)36)34-23(24(25,26)27)30-31-32-34;/h2-8,11,19-20,29,36H,9-10,12-14H2,1H3,(H,28,35);1H. The number of aromatic nitrogens is 4. The molecule has 3 aromatic rings. The molecule has 2 unspecified atom stereocenters. The number of tetrazole rings is 1. The molecule has 2 atom stereocenters. The molecule has 1 fully saturated rings. The number of phenols is 1. The van der Waals surface area contributed by atoms with Crippen LogP contribution < -0.4 is 10.6 Å². The zero-order chi connectivity index (χ0) is 26.6. The second-order valence-corrected chi connectivity index (χ2v) is 8.77. The van der Waals surface area contributed by atoms with Crippen molar-refractivity contribution >= 4 is 24.2 Å². The number of nitrogens with zero attached hydrogens (tertiary/aromatic N) is 5. The van der Waals surface area contributed by atoms with Crippen molar-refractivity contribution in [2.45, 2.75) is 38.0 Å². The van der Waals surface area contributed by atoms with Crippen LogP contribution in [-0.2, 0) is 22.3 Å². The maximum absolute atomic E-state index is 13.2. The van der Waals surface area contributed by atoms with Gasteiger partial charge in [0.25, 0.3) is 5.82 Å². The Bertz CT molecular complexity index is 1260. The van der Waals surface area contributed by atoms with Gasteiger partial charge in [-0.3, -0.25) is 9.59 Å². The first-order valence-electron chi connectivity index (χ1n) is 11.6. The minimum Gasteiger partial charge on any atom is -0.508 e. The second-order valence-electron chi connectivity index (χ2n) is 8.77. The molecule has 1 aromatic heterocycles. The van der Waals surface area contributed by atoms with Gasteiger partial charge in [-0.2, -0.15) is 17.9 Å². The summed E-state index contributed by atoms with van der Waals surface area (Å²) in [6, 6.07) is 13.6. The van der Waals surface area contributed by atoms with E-state index in [4.69, 9.17) is 0 Å². The smallest absolute Gasteiger partial charge is 0.453 e. The molecule has 0 bridgehead atoms. The molecule has 10 nitrogen and oxygen atoms in total. The Labute approximate surface area is 222 Å². The molecule has 0 radical (unpaired) electrons. The number of aromatic hydroxyl groups is 1. The normalized spacial score (nSPS) is 17.5. The van der Waals surface area contributed by atoms with E-state index in [9.17, 15) is 27.9 Å². The molecule has 1 aliphatic heterocycles. The molecule has 1 saturated heterocycles. The molecule has 4 rings (SSSR count). The van der Waals surface area contributed by atoms with Gasteiger partial charge < -0.3 is 20.6 Å². The zero-order valence-corrected chi connectivity index (χ0v) is 21.2. The molecular formula is C24H27ClF3N7O3. The molecule has 3 N–H and O–H groups in total. The van der Waals surface area contributed by atoms with E-state index >= 15 is 0 Å². The van der Waals surface area contributed by atoms with E-state index < -0.39 is 12.0 Å². The lowest BCUT2D eigenvalue weighted by Gasteiger charge is -2.39. The molecule has 0 aliphatic carbocycles. The lowest BCUT2D eigenvalue weighted by Crippen LogP contribution is -2.51. The van der Waals surface area contributed by atoms with E-state index in [1.54, 1.807) is 4.90 Å². The highest BCUT2D eigenvalue weighted by atomic mass is 35.5. The summed E-state index contributed by atoms with van der Waals surface area (Å²) >= 11 is 0. The largest absolute Gasteiger partial charge is 0.508 e. The molecule has 2 heterocycles. The Balaban J connectivity index is 0.00000400. The Morgan fingerprint density at radius 2 is 1.89 bits per heavy atom. The van der Waals surface area contributed by atoms with Crippen LogP contribution in [0.1, 0.15) is 36.2 Å². The first kappa shape index (κ1) is 28.9. The van der Waals surface area contributed by atoms with Gasteiger partial charge in [-0.25, -0.2) is 0 Å². The van der Waals surface area contributed by atoms with Crippen LogP contribution in [-0.4, -0.2) is 67.7 Å². The van der Waals surface area contributed by atoms with Crippen molar-refractivity contribution in [1.29, 1.82) is 0 Å². The highest BCUT2D eigenvalue weighted by Gasteiger charge is 2.38. The van der Waals surface area contributed by atoms with Crippen LogP contribution >= 0.6 is 12.4 Å². The summed E-state index contributed by atoms with van der Waals surface area (Å²) in [5.41, 5.74) is 1.44. The number of carbonyl (C=O) groups is 2. The van der Waals surface area contributed by atoms with Crippen LogP contribution in [0.5, 0.6) is 5.75 Å². The summed E-state index contributed by atoms with van der Waals surface area (Å²) in [5, 5.41) is 26.0. The number of amides is 2. The summed E-state index contributed by atoms with van der Waals surface area (Å²) in [6.45, 7) is 2.32. The summed E-state index contributed by atoms with van der Waals surface area (Å²) in [6.07, 6.45) is -4.15. The highest BCUT2D eigenvalue weighted by molar-refractivity contribution is 5.85. The summed E-state index contributed by atoms with van der Waals surface area (Å²) in [7, 11) is 0. The number of halogens is 4. The molecule has 14 heteroatoms. The first-order valence-corrected chi connectivity index (χ1v) is 11.6. The number of carbonyl (C=O) groups excluding carboxylic acids is 2. The number of likely N-dealkylation sites (tertiary alicyclic amines) is 1. The van der Waals surface area contributed by atoms with Gasteiger partial charge in [-0.05, 0) is 40.6 Å². The molecule has 204 valence electrons. The van der Waals surface area contributed by atoms with Gasteiger partial charge in [-0.1, -0.05) is 30.3 Å². The van der Waals surface area contributed by atoms with E-state index in [0.717, 1.165) is 5.56 Å². The van der Waals surface area contributed by atoms with Gasteiger partial charge in [0, 0.05) is 44.1 Å². The van der Waals surface area contributed by atoms with E-state index in [1.165, 1.54) is 25.1 Å². The fourth-order valence-corrected chi connectivity index (χ4v) is 4.40. The number of hydrogen-bond acceptors (Lipinski definition) is 7. The van der Waals surface area contributed by atoms with Crippen LogP contribution in [0.25, 0.3) is 5.69 Å². The zero-order valence-electron chi connectivity index (χ0n) is 20.4. The SMILES string of the molecule is CC(=O)NCC(=O)N1CCC(NCc2cc(-n3nnnc3C(F)(F)F)ccc2O)C(c2ccccc2)C1.Cl. The van der Waals surface area contributed by atoms with Crippen LogP contribution in [0.15, 0.2) is 48.5 Å². The van der Waals surface area contributed by atoms with Gasteiger partial charge in [0.2, 0.25) is 11.8 Å². The van der Waals surface area contributed by atoms with Crippen molar-refractivity contribution in [3.05, 3.63) is 65.5 Å². The van der Waals surface area contributed by atoms with Gasteiger partial charge >= 0.3 is 6.18 Å². The Morgan fingerprint density at radius 3 is 2.58 bits per heavy atom. The number of phenolic OH excluding ortho intramolecular Hbond substituents is 1. The number of rotatable bonds is 7. The molecule has 0 saturated carbocycles. The fourth-order valence-electron chi connectivity index (χ4n) is 4.40. The van der Waals surface area contributed by atoms with Crippen LogP contribution in [0.3, 0.4) is 0 Å². The third-order valence-electron chi connectivity index (χ3n) is 6.27. The number of hydrogen-bond donors (Lipinski definition) is 3. The average Bonchev–Trinajstić information content (AvgIpc) is 3.38. The minimum atomic E-state index is -4.74. The first-order chi connectivity index (χ1) is 17.6. The maximum Gasteiger partial charge on any atom is 0.453 e. The second kappa shape index (κ2) is 12.2. The summed E-state index contributed by atoms with van der Waals surface area (Å²) in [4.78, 5) is 25.5. The van der Waals surface area contributed by atoms with Gasteiger partial charge in [-0.15, -0.1) is 17.5 Å². The number of piperidine rings is 1. The van der Waals surface area contributed by atoms with E-state index in [-0.39, 0.29) is 60.7 Å². The van der Waals surface area contributed by atoms with Crippen LogP contribution in [0.2, 0.25) is 0 Å². The average molecular weight is 554 g/mol. The molecule has 1 aliphatic rings. The van der Waals surface area contributed by atoms with E-state index in [2.05, 4.69) is 26.2 Å². The quantitative estimate of drug-likeness (QED) is 0.410. The van der Waals surface area contributed by atoms with Crippen molar-refractivity contribution in [2.24, 2.45) is 0 Å². The van der Waals surface area contributed by atoms with Crippen molar-refractivity contribution in [1.82, 2.24) is 35.7 Å². The lowest BCUT2D eigenvalue weighted by molar-refractivity contribution is -0.146. The fraction of sp³-hybridized carbons (Fsp3) is 0.375. The van der Waals surface area contributed by atoms with Crippen molar-refractivity contribution in [3.63, 3.8) is 0 Å². The molecule has 2 aromatic carbocycles. The van der Waals surface area contributed by atoms with Crippen LogP contribution in [0, 0.1) is 0 Å². The van der Waals surface area contributed by atoms with Crippen molar-refractivity contribution in [3.8, 4) is 11.4 Å². The highest BCUT2D eigenvalue weighted by Crippen LogP contribution is 2.31. The van der Waals surface area contributed by atoms with Crippen molar-refractivity contribution < 1.29 is 27.9 Å².